The molecular weight excluding hydrogens is 204 g/mol. The van der Waals surface area contributed by atoms with Crippen molar-refractivity contribution in [3.8, 4) is 0 Å². The largest absolute Gasteiger partial charge is 0.453 e. The van der Waals surface area contributed by atoms with Crippen LogP contribution in [0.3, 0.4) is 0 Å². The summed E-state index contributed by atoms with van der Waals surface area (Å²) in [6, 6.07) is 0.980. The van der Waals surface area contributed by atoms with Gasteiger partial charge in [0.25, 0.3) is 0 Å². The fraction of sp³-hybridized carbons (Fsp3) is 0.917. The van der Waals surface area contributed by atoms with Gasteiger partial charge in [0.2, 0.25) is 0 Å². The standard InChI is InChI=1S/C12H24N2O2/c1-4-5-6-10(2)13-11-7-8-14(9-11)12(15)16-3/h10-11,13H,4-9H2,1-3H3. The number of carbonyl (C=O) groups is 1. The van der Waals surface area contributed by atoms with Gasteiger partial charge in [-0.05, 0) is 19.8 Å². The van der Waals surface area contributed by atoms with Gasteiger partial charge in [0, 0.05) is 25.2 Å². The van der Waals surface area contributed by atoms with E-state index < -0.39 is 0 Å². The summed E-state index contributed by atoms with van der Waals surface area (Å²) in [5, 5.41) is 3.57. The van der Waals surface area contributed by atoms with Crippen LogP contribution in [0.25, 0.3) is 0 Å². The van der Waals surface area contributed by atoms with E-state index in [2.05, 4.69) is 19.2 Å². The second-order valence-electron chi connectivity index (χ2n) is 4.61. The summed E-state index contributed by atoms with van der Waals surface area (Å²) >= 11 is 0. The van der Waals surface area contributed by atoms with Crippen LogP contribution in [0, 0.1) is 0 Å². The molecule has 1 amide bonds. The molecule has 94 valence electrons. The van der Waals surface area contributed by atoms with Crippen molar-refractivity contribution in [1.82, 2.24) is 10.2 Å². The molecule has 1 rings (SSSR count). The molecule has 1 saturated heterocycles. The summed E-state index contributed by atoms with van der Waals surface area (Å²) in [7, 11) is 1.44. The smallest absolute Gasteiger partial charge is 0.409 e. The fourth-order valence-corrected chi connectivity index (χ4v) is 2.19. The van der Waals surface area contributed by atoms with Gasteiger partial charge in [0.1, 0.15) is 0 Å². The summed E-state index contributed by atoms with van der Waals surface area (Å²) in [5.74, 6) is 0. The van der Waals surface area contributed by atoms with Crippen LogP contribution in [0.2, 0.25) is 0 Å². The van der Waals surface area contributed by atoms with Crippen LogP contribution in [-0.4, -0.2) is 43.3 Å². The number of methoxy groups -OCH3 is 1. The topological polar surface area (TPSA) is 41.6 Å². The quantitative estimate of drug-likeness (QED) is 0.782. The number of ether oxygens (including phenoxy) is 1. The summed E-state index contributed by atoms with van der Waals surface area (Å²) in [6.07, 6.45) is 4.55. The van der Waals surface area contributed by atoms with E-state index in [4.69, 9.17) is 4.74 Å². The Labute approximate surface area is 98.3 Å². The average Bonchev–Trinajstić information content (AvgIpc) is 2.73. The third-order valence-corrected chi connectivity index (χ3v) is 3.13. The Morgan fingerprint density at radius 1 is 1.62 bits per heavy atom. The van der Waals surface area contributed by atoms with Crippen molar-refractivity contribution in [2.24, 2.45) is 0 Å². The maximum atomic E-state index is 11.3. The lowest BCUT2D eigenvalue weighted by atomic mass is 10.1. The Hall–Kier alpha value is -0.770. The zero-order valence-electron chi connectivity index (χ0n) is 10.7. The number of amides is 1. The summed E-state index contributed by atoms with van der Waals surface area (Å²) in [6.45, 7) is 6.02. The Bertz CT molecular complexity index is 221. The van der Waals surface area contributed by atoms with E-state index in [1.54, 1.807) is 4.90 Å². The minimum absolute atomic E-state index is 0.203. The molecule has 0 saturated carbocycles. The molecule has 1 fully saturated rings. The fourth-order valence-electron chi connectivity index (χ4n) is 2.19. The average molecular weight is 228 g/mol. The molecule has 0 aliphatic carbocycles. The minimum Gasteiger partial charge on any atom is -0.453 e. The molecule has 1 N–H and O–H groups in total. The third-order valence-electron chi connectivity index (χ3n) is 3.13. The van der Waals surface area contributed by atoms with E-state index in [1.807, 2.05) is 0 Å². The van der Waals surface area contributed by atoms with Crippen LogP contribution < -0.4 is 5.32 Å². The molecule has 2 unspecified atom stereocenters. The highest BCUT2D eigenvalue weighted by atomic mass is 16.5. The first-order valence-corrected chi connectivity index (χ1v) is 6.26. The van der Waals surface area contributed by atoms with E-state index in [0.717, 1.165) is 19.5 Å². The number of rotatable bonds is 5. The lowest BCUT2D eigenvalue weighted by molar-refractivity contribution is 0.132. The van der Waals surface area contributed by atoms with Crippen molar-refractivity contribution >= 4 is 6.09 Å². The maximum Gasteiger partial charge on any atom is 0.409 e. The molecule has 0 radical (unpaired) electrons. The molecule has 16 heavy (non-hydrogen) atoms. The number of carbonyl (C=O) groups excluding carboxylic acids is 1. The second-order valence-corrected chi connectivity index (χ2v) is 4.61. The van der Waals surface area contributed by atoms with Crippen LogP contribution in [0.1, 0.15) is 39.5 Å². The van der Waals surface area contributed by atoms with Crippen LogP contribution >= 0.6 is 0 Å². The molecule has 0 spiro atoms. The molecule has 2 atom stereocenters. The second kappa shape index (κ2) is 6.74. The van der Waals surface area contributed by atoms with E-state index in [0.29, 0.717) is 12.1 Å². The molecule has 0 aromatic carbocycles. The van der Waals surface area contributed by atoms with Gasteiger partial charge in [0.15, 0.2) is 0 Å². The van der Waals surface area contributed by atoms with Gasteiger partial charge in [-0.15, -0.1) is 0 Å². The van der Waals surface area contributed by atoms with Gasteiger partial charge in [-0.1, -0.05) is 19.8 Å². The number of hydrogen-bond acceptors (Lipinski definition) is 3. The van der Waals surface area contributed by atoms with Crippen molar-refractivity contribution in [1.29, 1.82) is 0 Å². The van der Waals surface area contributed by atoms with E-state index in [9.17, 15) is 4.79 Å². The highest BCUT2D eigenvalue weighted by Gasteiger charge is 2.27. The molecular formula is C12H24N2O2. The Kier molecular flexibility index (Phi) is 5.60. The normalized spacial score (nSPS) is 22.2. The monoisotopic (exact) mass is 228 g/mol. The van der Waals surface area contributed by atoms with Crippen molar-refractivity contribution in [3.63, 3.8) is 0 Å². The van der Waals surface area contributed by atoms with Gasteiger partial charge < -0.3 is 15.0 Å². The van der Waals surface area contributed by atoms with E-state index >= 15 is 0 Å². The first-order valence-electron chi connectivity index (χ1n) is 6.26. The number of likely N-dealkylation sites (tertiary alicyclic amines) is 1. The van der Waals surface area contributed by atoms with E-state index in [1.165, 1.54) is 26.4 Å². The van der Waals surface area contributed by atoms with Crippen LogP contribution in [0.15, 0.2) is 0 Å². The highest BCUT2D eigenvalue weighted by Crippen LogP contribution is 2.12. The first kappa shape index (κ1) is 13.3. The predicted octanol–water partition coefficient (Wildman–Crippen LogP) is 2.00. The number of nitrogens with zero attached hydrogens (tertiary/aromatic N) is 1. The van der Waals surface area contributed by atoms with Crippen molar-refractivity contribution < 1.29 is 9.53 Å². The van der Waals surface area contributed by atoms with Crippen molar-refractivity contribution in [3.05, 3.63) is 0 Å². The van der Waals surface area contributed by atoms with Crippen LogP contribution in [0.5, 0.6) is 0 Å². The highest BCUT2D eigenvalue weighted by molar-refractivity contribution is 5.67. The summed E-state index contributed by atoms with van der Waals surface area (Å²) in [4.78, 5) is 13.1. The predicted molar refractivity (Wildman–Crippen MR) is 64.5 cm³/mol. The molecule has 1 heterocycles. The van der Waals surface area contributed by atoms with Gasteiger partial charge in [-0.3, -0.25) is 0 Å². The zero-order valence-corrected chi connectivity index (χ0v) is 10.7. The van der Waals surface area contributed by atoms with Gasteiger partial charge in [-0.25, -0.2) is 4.79 Å². The Morgan fingerprint density at radius 3 is 3.00 bits per heavy atom. The number of nitrogens with one attached hydrogen (secondary N) is 1. The van der Waals surface area contributed by atoms with Gasteiger partial charge >= 0.3 is 6.09 Å². The van der Waals surface area contributed by atoms with Gasteiger partial charge in [0.05, 0.1) is 7.11 Å². The Balaban J connectivity index is 2.23. The first-order chi connectivity index (χ1) is 7.67. The van der Waals surface area contributed by atoms with Crippen LogP contribution in [0.4, 0.5) is 4.79 Å². The molecule has 0 aromatic heterocycles. The minimum atomic E-state index is -0.203. The maximum absolute atomic E-state index is 11.3. The third kappa shape index (κ3) is 4.00. The summed E-state index contributed by atoms with van der Waals surface area (Å²) < 4.78 is 4.71. The number of unbranched alkanes of at least 4 members (excludes halogenated alkanes) is 1. The molecule has 0 aromatic rings. The van der Waals surface area contributed by atoms with Crippen molar-refractivity contribution in [2.45, 2.75) is 51.6 Å². The molecule has 0 bridgehead atoms. The van der Waals surface area contributed by atoms with Gasteiger partial charge in [-0.2, -0.15) is 0 Å². The molecule has 4 nitrogen and oxygen atoms in total. The lowest BCUT2D eigenvalue weighted by Crippen LogP contribution is -2.39. The SMILES string of the molecule is CCCCC(C)NC1CCN(C(=O)OC)C1. The molecule has 1 aliphatic heterocycles. The van der Waals surface area contributed by atoms with Crippen molar-refractivity contribution in [2.75, 3.05) is 20.2 Å². The lowest BCUT2D eigenvalue weighted by Gasteiger charge is -2.19. The van der Waals surface area contributed by atoms with Crippen LogP contribution in [-0.2, 0) is 4.74 Å². The zero-order chi connectivity index (χ0) is 12.0. The number of hydrogen-bond donors (Lipinski definition) is 1. The molecule has 4 heteroatoms. The summed E-state index contributed by atoms with van der Waals surface area (Å²) in [5.41, 5.74) is 0. The Morgan fingerprint density at radius 2 is 2.38 bits per heavy atom. The molecule has 1 aliphatic rings. The van der Waals surface area contributed by atoms with E-state index in [-0.39, 0.29) is 6.09 Å².